The number of nitrogens with zero attached hydrogens (tertiary/aromatic N) is 2. The zero-order chi connectivity index (χ0) is 24.1. The minimum atomic E-state index is -0.768. The van der Waals surface area contributed by atoms with Crippen LogP contribution in [0.5, 0.6) is 0 Å². The maximum Gasteiger partial charge on any atom is 0.256 e. The van der Waals surface area contributed by atoms with Gasteiger partial charge < -0.3 is 15.1 Å². The summed E-state index contributed by atoms with van der Waals surface area (Å²) < 4.78 is 26.9. The van der Waals surface area contributed by atoms with Crippen LogP contribution in [0.25, 0.3) is 0 Å². The number of hydrogen-bond acceptors (Lipinski definition) is 3. The number of nitrogens with one attached hydrogen (secondary N) is 1. The molecule has 2 aromatic rings. The number of benzene rings is 2. The molecule has 1 heterocycles. The molecule has 1 aliphatic carbocycles. The summed E-state index contributed by atoms with van der Waals surface area (Å²) in [5.74, 6) is -1.92. The van der Waals surface area contributed by atoms with Gasteiger partial charge in [-0.2, -0.15) is 0 Å². The molecule has 0 aromatic heterocycles. The van der Waals surface area contributed by atoms with Crippen molar-refractivity contribution in [3.63, 3.8) is 0 Å². The number of hydrogen-bond donors (Lipinski definition) is 1. The van der Waals surface area contributed by atoms with Crippen LogP contribution in [0, 0.1) is 11.6 Å². The summed E-state index contributed by atoms with van der Waals surface area (Å²) in [6.45, 7) is 4.12. The Hall–Kier alpha value is -2.96. The highest BCUT2D eigenvalue weighted by molar-refractivity contribution is 6.00. The molecule has 2 amide bonds. The topological polar surface area (TPSA) is 52.7 Å². The van der Waals surface area contributed by atoms with Gasteiger partial charge in [-0.1, -0.05) is 31.4 Å². The molecular weight excluding hydrogens is 436 g/mol. The van der Waals surface area contributed by atoms with Gasteiger partial charge in [-0.3, -0.25) is 9.59 Å². The first-order valence-corrected chi connectivity index (χ1v) is 12.4. The molecule has 4 rings (SSSR count). The molecule has 1 aliphatic heterocycles. The van der Waals surface area contributed by atoms with E-state index in [9.17, 15) is 18.4 Å². The van der Waals surface area contributed by atoms with Gasteiger partial charge in [0.15, 0.2) is 0 Å². The third-order valence-corrected chi connectivity index (χ3v) is 7.05. The van der Waals surface area contributed by atoms with E-state index in [0.717, 1.165) is 42.3 Å². The molecular formula is C27H33F2N3O2. The van der Waals surface area contributed by atoms with Crippen LogP contribution in [-0.4, -0.2) is 48.4 Å². The fourth-order valence-corrected chi connectivity index (χ4v) is 5.26. The largest absolute Gasteiger partial charge is 0.371 e. The number of halogens is 2. The van der Waals surface area contributed by atoms with E-state index >= 15 is 0 Å². The summed E-state index contributed by atoms with van der Waals surface area (Å²) in [5, 5.41) is 2.90. The lowest BCUT2D eigenvalue weighted by molar-refractivity contribution is 0.0648. The number of carbonyl (C=O) groups is 2. The van der Waals surface area contributed by atoms with Gasteiger partial charge in [0.05, 0.1) is 5.56 Å². The summed E-state index contributed by atoms with van der Waals surface area (Å²) in [5.41, 5.74) is 1.64. The number of amides is 2. The van der Waals surface area contributed by atoms with Gasteiger partial charge in [0, 0.05) is 49.0 Å². The van der Waals surface area contributed by atoms with E-state index in [1.165, 1.54) is 19.3 Å². The third-order valence-electron chi connectivity index (χ3n) is 7.05. The van der Waals surface area contributed by atoms with Crippen LogP contribution in [-0.2, 0) is 0 Å². The predicted octanol–water partition coefficient (Wildman–Crippen LogP) is 5.16. The lowest BCUT2D eigenvalue weighted by atomic mass is 9.93. The van der Waals surface area contributed by atoms with Crippen molar-refractivity contribution in [1.29, 1.82) is 0 Å². The zero-order valence-electron chi connectivity index (χ0n) is 19.7. The van der Waals surface area contributed by atoms with Gasteiger partial charge in [0.25, 0.3) is 11.8 Å². The first kappa shape index (κ1) is 24.2. The quantitative estimate of drug-likeness (QED) is 0.636. The second kappa shape index (κ2) is 11.0. The van der Waals surface area contributed by atoms with E-state index in [2.05, 4.69) is 10.2 Å². The number of carbonyl (C=O) groups excluding carboxylic acids is 2. The van der Waals surface area contributed by atoms with Crippen LogP contribution in [0.3, 0.4) is 0 Å². The highest BCUT2D eigenvalue weighted by Gasteiger charge is 2.29. The minimum Gasteiger partial charge on any atom is -0.371 e. The standard InChI is InChI=1S/C27H33F2N3O2/c1-2-32(23-8-4-3-5-9-23)27(34)24-10-6-7-11-25(24)31-14-12-22(13-15-31)30-26(33)19-16-20(28)18-21(29)17-19/h6-7,10-11,16-18,22-23H,2-5,8-9,12-15H2,1H3,(H,30,33). The van der Waals surface area contributed by atoms with Gasteiger partial charge >= 0.3 is 0 Å². The van der Waals surface area contributed by atoms with E-state index in [1.54, 1.807) is 0 Å². The SMILES string of the molecule is CCN(C(=O)c1ccccc1N1CCC(NC(=O)c2cc(F)cc(F)c2)CC1)C1CCCCC1. The van der Waals surface area contributed by atoms with E-state index in [4.69, 9.17) is 0 Å². The lowest BCUT2D eigenvalue weighted by Gasteiger charge is -2.37. The summed E-state index contributed by atoms with van der Waals surface area (Å²) in [4.78, 5) is 30.2. The van der Waals surface area contributed by atoms with Crippen molar-refractivity contribution in [2.24, 2.45) is 0 Å². The summed E-state index contributed by atoms with van der Waals surface area (Å²) in [6.07, 6.45) is 7.12. The number of anilines is 1. The first-order chi connectivity index (χ1) is 16.5. The third kappa shape index (κ3) is 5.57. The normalized spacial score (nSPS) is 17.4. The molecule has 1 N–H and O–H groups in total. The van der Waals surface area contributed by atoms with Crippen molar-refractivity contribution in [2.45, 2.75) is 64.0 Å². The molecule has 0 bridgehead atoms. The van der Waals surface area contributed by atoms with Gasteiger partial charge in [0.1, 0.15) is 11.6 Å². The van der Waals surface area contributed by atoms with Crippen LogP contribution in [0.2, 0.25) is 0 Å². The number of piperidine rings is 1. The van der Waals surface area contributed by atoms with Gasteiger partial charge in [-0.05, 0) is 56.9 Å². The Morgan fingerprint density at radius 1 is 0.971 bits per heavy atom. The smallest absolute Gasteiger partial charge is 0.256 e. The Bertz CT molecular complexity index is 994. The van der Waals surface area contributed by atoms with Crippen molar-refractivity contribution in [3.05, 3.63) is 65.2 Å². The fourth-order valence-electron chi connectivity index (χ4n) is 5.26. The number of para-hydroxylation sites is 1. The van der Waals surface area contributed by atoms with Crippen LogP contribution >= 0.6 is 0 Å². The van der Waals surface area contributed by atoms with Crippen molar-refractivity contribution >= 4 is 17.5 Å². The zero-order valence-corrected chi connectivity index (χ0v) is 19.7. The molecule has 1 saturated carbocycles. The van der Waals surface area contributed by atoms with E-state index < -0.39 is 17.5 Å². The Labute approximate surface area is 200 Å². The van der Waals surface area contributed by atoms with E-state index in [-0.39, 0.29) is 17.5 Å². The molecule has 2 aromatic carbocycles. The van der Waals surface area contributed by atoms with Crippen LogP contribution in [0.4, 0.5) is 14.5 Å². The summed E-state index contributed by atoms with van der Waals surface area (Å²) >= 11 is 0. The lowest BCUT2D eigenvalue weighted by Crippen LogP contribution is -2.46. The van der Waals surface area contributed by atoms with Crippen molar-refractivity contribution in [3.8, 4) is 0 Å². The second-order valence-electron chi connectivity index (χ2n) is 9.29. The molecule has 34 heavy (non-hydrogen) atoms. The molecule has 0 spiro atoms. The Morgan fingerprint density at radius 2 is 1.62 bits per heavy atom. The summed E-state index contributed by atoms with van der Waals surface area (Å²) in [6, 6.07) is 10.8. The predicted molar refractivity (Wildman–Crippen MR) is 129 cm³/mol. The molecule has 0 atom stereocenters. The maximum absolute atomic E-state index is 13.5. The Morgan fingerprint density at radius 3 is 2.26 bits per heavy atom. The van der Waals surface area contributed by atoms with Gasteiger partial charge in [-0.15, -0.1) is 0 Å². The van der Waals surface area contributed by atoms with Crippen molar-refractivity contribution < 1.29 is 18.4 Å². The molecule has 2 fully saturated rings. The molecule has 0 radical (unpaired) electrons. The molecule has 1 saturated heterocycles. The van der Waals surface area contributed by atoms with Crippen LogP contribution in [0.15, 0.2) is 42.5 Å². The highest BCUT2D eigenvalue weighted by Crippen LogP contribution is 2.29. The number of rotatable bonds is 6. The minimum absolute atomic E-state index is 0.0155. The maximum atomic E-state index is 13.5. The van der Waals surface area contributed by atoms with Crippen LogP contribution < -0.4 is 10.2 Å². The average molecular weight is 470 g/mol. The van der Waals surface area contributed by atoms with Crippen LogP contribution in [0.1, 0.15) is 72.6 Å². The average Bonchev–Trinajstić information content (AvgIpc) is 2.85. The fraction of sp³-hybridized carbons (Fsp3) is 0.481. The van der Waals surface area contributed by atoms with Crippen molar-refractivity contribution in [1.82, 2.24) is 10.2 Å². The van der Waals surface area contributed by atoms with Gasteiger partial charge in [0.2, 0.25) is 0 Å². The Balaban J connectivity index is 1.41. The Kier molecular flexibility index (Phi) is 7.80. The van der Waals surface area contributed by atoms with Crippen molar-refractivity contribution in [2.75, 3.05) is 24.5 Å². The summed E-state index contributed by atoms with van der Waals surface area (Å²) in [7, 11) is 0. The molecule has 2 aliphatic rings. The highest BCUT2D eigenvalue weighted by atomic mass is 19.1. The van der Waals surface area contributed by atoms with E-state index in [1.807, 2.05) is 36.1 Å². The molecule has 5 nitrogen and oxygen atoms in total. The monoisotopic (exact) mass is 469 g/mol. The first-order valence-electron chi connectivity index (χ1n) is 12.4. The van der Waals surface area contributed by atoms with E-state index in [0.29, 0.717) is 38.5 Å². The molecule has 7 heteroatoms. The molecule has 0 unspecified atom stereocenters. The van der Waals surface area contributed by atoms with Gasteiger partial charge in [-0.25, -0.2) is 8.78 Å². The second-order valence-corrected chi connectivity index (χ2v) is 9.29. The molecule has 182 valence electrons.